The van der Waals surface area contributed by atoms with Gasteiger partial charge < -0.3 is 0 Å². The number of hydrogen-bond donors (Lipinski definition) is 0. The van der Waals surface area contributed by atoms with Gasteiger partial charge in [0.15, 0.2) is 5.78 Å². The summed E-state index contributed by atoms with van der Waals surface area (Å²) in [5.74, 6) is -3.39. The molecule has 3 aromatic rings. The third-order valence-corrected chi connectivity index (χ3v) is 11.2. The Kier molecular flexibility index (Phi) is 9.53. The van der Waals surface area contributed by atoms with Crippen molar-refractivity contribution in [3.63, 3.8) is 0 Å². The topological polar surface area (TPSA) is 118 Å². The van der Waals surface area contributed by atoms with Gasteiger partial charge >= 0.3 is 0 Å². The zero-order valence-corrected chi connectivity index (χ0v) is 27.5. The van der Waals surface area contributed by atoms with Crippen LogP contribution in [0.3, 0.4) is 0 Å². The Balaban J connectivity index is 1.91. The van der Waals surface area contributed by atoms with Crippen LogP contribution in [0.25, 0.3) is 0 Å². The van der Waals surface area contributed by atoms with E-state index in [4.69, 9.17) is 23.2 Å². The first-order chi connectivity index (χ1) is 18.9. The smallest absolute Gasteiger partial charge is 0.282 e. The molecule has 0 N–H and O–H groups in total. The normalized spacial score (nSPS) is 13.3. The van der Waals surface area contributed by atoms with Gasteiger partial charge in [0.05, 0.1) is 16.1 Å². The van der Waals surface area contributed by atoms with Crippen molar-refractivity contribution in [3.05, 3.63) is 104 Å². The third kappa shape index (κ3) is 5.51. The number of alkyl halides is 1. The van der Waals surface area contributed by atoms with Crippen LogP contribution in [0.2, 0.25) is 5.02 Å². The zero-order valence-electron chi connectivity index (χ0n) is 19.7. The lowest BCUT2D eigenvalue weighted by Crippen LogP contribution is -2.57. The Bertz CT molecular complexity index is 1540. The minimum Gasteiger partial charge on any atom is -0.292 e. The van der Waals surface area contributed by atoms with E-state index < -0.39 is 34.5 Å². The van der Waals surface area contributed by atoms with Gasteiger partial charge in [0.1, 0.15) is 6.04 Å². The lowest BCUT2D eigenvalue weighted by Gasteiger charge is -2.36. The summed E-state index contributed by atoms with van der Waals surface area (Å²) < 4.78 is 1.37. The monoisotopic (exact) mass is 837 g/mol. The minimum absolute atomic E-state index is 0.0444. The molecule has 1 heterocycles. The van der Waals surface area contributed by atoms with Gasteiger partial charge in [0.25, 0.3) is 23.4 Å². The van der Waals surface area contributed by atoms with Crippen molar-refractivity contribution in [3.8, 4) is 0 Å². The van der Waals surface area contributed by atoms with E-state index in [2.05, 4.69) is 63.7 Å². The Hall–Kier alpha value is -2.16. The number of nitro benzene ring substituents is 1. The number of hydrazine groups is 1. The van der Waals surface area contributed by atoms with E-state index in [9.17, 15) is 29.3 Å². The fourth-order valence-corrected chi connectivity index (χ4v) is 6.83. The summed E-state index contributed by atoms with van der Waals surface area (Å²) >= 11 is 25.4. The van der Waals surface area contributed by atoms with Crippen molar-refractivity contribution in [2.75, 3.05) is 5.88 Å². The van der Waals surface area contributed by atoms with Crippen molar-refractivity contribution >= 4 is 116 Å². The SMILES string of the molecule is O=C(c1ccc(Cl)cc1)[C@@H](CCCl)N(C(=O)c1ccc([N+](=O)[O-])cc1)N1C(=O)c2c(Br)c(Br)c(Br)c(Br)c2C1=O. The van der Waals surface area contributed by atoms with Gasteiger partial charge in [-0.1, -0.05) is 11.6 Å². The highest BCUT2D eigenvalue weighted by Gasteiger charge is 2.48. The molecule has 1 aliphatic heterocycles. The number of non-ortho nitro benzene ring substituents is 1. The predicted octanol–water partition coefficient (Wildman–Crippen LogP) is 7.83. The Labute approximate surface area is 270 Å². The average Bonchev–Trinajstić information content (AvgIpc) is 3.20. The molecule has 0 aromatic heterocycles. The molecule has 1 aliphatic rings. The first-order valence-corrected chi connectivity index (χ1v) is 15.2. The summed E-state index contributed by atoms with van der Waals surface area (Å²) in [6.07, 6.45) is -0.134. The van der Waals surface area contributed by atoms with Crippen LogP contribution in [0.5, 0.6) is 0 Å². The van der Waals surface area contributed by atoms with Crippen molar-refractivity contribution in [1.82, 2.24) is 10.0 Å². The third-order valence-electron chi connectivity index (χ3n) is 5.94. The van der Waals surface area contributed by atoms with Crippen LogP contribution >= 0.6 is 86.9 Å². The molecule has 3 aromatic carbocycles. The lowest BCUT2D eigenvalue weighted by molar-refractivity contribution is -0.384. The molecule has 0 saturated carbocycles. The molecule has 15 heteroatoms. The average molecular weight is 842 g/mol. The minimum atomic E-state index is -1.41. The van der Waals surface area contributed by atoms with Crippen LogP contribution in [0.4, 0.5) is 5.69 Å². The number of carbonyl (C=O) groups is 4. The van der Waals surface area contributed by atoms with E-state index in [0.717, 1.165) is 17.1 Å². The van der Waals surface area contributed by atoms with Crippen LogP contribution in [0, 0.1) is 10.1 Å². The zero-order chi connectivity index (χ0) is 29.5. The summed E-state index contributed by atoms with van der Waals surface area (Å²) in [7, 11) is 0. The van der Waals surface area contributed by atoms with Gasteiger partial charge in [-0.3, -0.25) is 29.3 Å². The van der Waals surface area contributed by atoms with E-state index in [0.29, 0.717) is 19.0 Å². The quantitative estimate of drug-likeness (QED) is 0.0434. The van der Waals surface area contributed by atoms with Gasteiger partial charge in [0.2, 0.25) is 0 Å². The van der Waals surface area contributed by atoms with Crippen LogP contribution in [-0.4, -0.2) is 50.4 Å². The molecule has 0 spiro atoms. The largest absolute Gasteiger partial charge is 0.292 e. The highest BCUT2D eigenvalue weighted by Crippen LogP contribution is 2.46. The van der Waals surface area contributed by atoms with Crippen molar-refractivity contribution in [2.24, 2.45) is 0 Å². The number of Topliss-reactive ketones (excluding diaryl/α,β-unsaturated/α-hetero) is 1. The lowest BCUT2D eigenvalue weighted by atomic mass is 10.0. The number of halogens is 6. The maximum absolute atomic E-state index is 14.0. The van der Waals surface area contributed by atoms with E-state index in [-0.39, 0.29) is 49.2 Å². The number of carbonyl (C=O) groups excluding carboxylic acids is 4. The molecule has 0 radical (unpaired) electrons. The molecule has 0 aliphatic carbocycles. The second kappa shape index (κ2) is 12.4. The van der Waals surface area contributed by atoms with E-state index in [1.54, 1.807) is 0 Å². The molecule has 40 heavy (non-hydrogen) atoms. The summed E-state index contributed by atoms with van der Waals surface area (Å²) in [6.45, 7) is 0. The summed E-state index contributed by atoms with van der Waals surface area (Å²) in [4.78, 5) is 66.0. The molecule has 1 atom stereocenters. The number of nitro groups is 1. The Morgan fingerprint density at radius 3 is 1.77 bits per heavy atom. The fraction of sp³-hybridized carbons (Fsp3) is 0.120. The van der Waals surface area contributed by atoms with Gasteiger partial charge in [0, 0.05) is 52.1 Å². The fourth-order valence-electron chi connectivity index (χ4n) is 4.04. The number of imide groups is 1. The van der Waals surface area contributed by atoms with Gasteiger partial charge in [-0.2, -0.15) is 5.01 Å². The number of benzene rings is 3. The van der Waals surface area contributed by atoms with Crippen molar-refractivity contribution in [1.29, 1.82) is 0 Å². The molecule has 0 saturated heterocycles. The summed E-state index contributed by atoms with van der Waals surface area (Å²) in [5.41, 5.74) is -0.313. The second-order valence-corrected chi connectivity index (χ2v) is 12.2. The predicted molar refractivity (Wildman–Crippen MR) is 162 cm³/mol. The molecule has 3 amide bonds. The summed E-state index contributed by atoms with van der Waals surface area (Å²) in [6, 6.07) is 9.02. The first-order valence-electron chi connectivity index (χ1n) is 11.1. The molecule has 9 nitrogen and oxygen atoms in total. The van der Waals surface area contributed by atoms with E-state index >= 15 is 0 Å². The van der Waals surface area contributed by atoms with Crippen LogP contribution in [0.1, 0.15) is 47.9 Å². The van der Waals surface area contributed by atoms with Gasteiger partial charge in [-0.15, -0.1) is 11.6 Å². The second-order valence-electron chi connectivity index (χ2n) is 8.25. The molecular weight excluding hydrogens is 829 g/mol. The van der Waals surface area contributed by atoms with E-state index in [1.807, 2.05) is 0 Å². The number of fused-ring (bicyclic) bond motifs is 1. The molecular formula is C25H13Br4Cl2N3O6. The number of nitrogens with zero attached hydrogens (tertiary/aromatic N) is 3. The maximum atomic E-state index is 14.0. The molecule has 0 unspecified atom stereocenters. The molecule has 206 valence electrons. The number of hydrogen-bond acceptors (Lipinski definition) is 6. The number of rotatable bonds is 8. The van der Waals surface area contributed by atoms with E-state index in [1.165, 1.54) is 36.4 Å². The van der Waals surface area contributed by atoms with Crippen molar-refractivity contribution < 1.29 is 24.1 Å². The maximum Gasteiger partial charge on any atom is 0.282 e. The van der Waals surface area contributed by atoms with Crippen LogP contribution in [-0.2, 0) is 0 Å². The Morgan fingerprint density at radius 1 is 0.850 bits per heavy atom. The van der Waals surface area contributed by atoms with Crippen molar-refractivity contribution in [2.45, 2.75) is 12.5 Å². The summed E-state index contributed by atoms with van der Waals surface area (Å²) in [5, 5.41) is 12.9. The Morgan fingerprint density at radius 2 is 1.32 bits per heavy atom. The first kappa shape index (κ1) is 30.8. The highest BCUT2D eigenvalue weighted by molar-refractivity contribution is 9.15. The van der Waals surface area contributed by atoms with Gasteiger partial charge in [-0.25, -0.2) is 5.01 Å². The highest BCUT2D eigenvalue weighted by atomic mass is 79.9. The standard InChI is InChI=1S/C25H13Br4Cl2N3O6/c26-18-16-17(19(27)21(29)20(18)28)25(38)33(24(16)37)32(23(36)12-3-7-14(8-4-12)34(39)40)15(9-10-30)22(35)11-1-5-13(31)6-2-11/h1-8,15H,9-10H2/t15-/m1/s1. The number of ketones is 1. The number of amides is 3. The van der Waals surface area contributed by atoms with Crippen LogP contribution < -0.4 is 0 Å². The molecule has 4 rings (SSSR count). The molecule has 0 bridgehead atoms. The van der Waals surface area contributed by atoms with Gasteiger partial charge in [-0.05, 0) is 107 Å². The van der Waals surface area contributed by atoms with Crippen LogP contribution in [0.15, 0.2) is 66.4 Å². The molecule has 0 fully saturated rings.